The maximum Gasteiger partial charge on any atom is 0.420 e. The zero-order valence-electron chi connectivity index (χ0n) is 8.77. The van der Waals surface area contributed by atoms with E-state index in [1.165, 1.54) is 0 Å². The van der Waals surface area contributed by atoms with Crippen LogP contribution in [0.1, 0.15) is 15.9 Å². The second-order valence-corrected chi connectivity index (χ2v) is 3.46. The van der Waals surface area contributed by atoms with Gasteiger partial charge in [-0.2, -0.15) is 13.2 Å². The van der Waals surface area contributed by atoms with Crippen LogP contribution in [0.5, 0.6) is 5.75 Å². The first kappa shape index (κ1) is 13.6. The topological polar surface area (TPSA) is 52.3 Å². The Morgan fingerprint density at radius 1 is 1.47 bits per heavy atom. The maximum atomic E-state index is 12.6. The van der Waals surface area contributed by atoms with Gasteiger partial charge in [-0.3, -0.25) is 4.79 Å². The number of carbonyl (C=O) groups is 1. The Bertz CT molecular complexity index is 446. The minimum absolute atomic E-state index is 0.0788. The lowest BCUT2D eigenvalue weighted by atomic mass is 10.0. The molecular weight excluding hydrogens is 259 g/mol. The van der Waals surface area contributed by atoms with Crippen LogP contribution >= 0.6 is 11.6 Å². The van der Waals surface area contributed by atoms with Crippen LogP contribution in [0.25, 0.3) is 0 Å². The van der Waals surface area contributed by atoms with E-state index in [0.717, 1.165) is 13.2 Å². The summed E-state index contributed by atoms with van der Waals surface area (Å²) < 4.78 is 42.3. The molecular formula is C10H9ClF3NO2. The number of hydrogen-bond donors (Lipinski definition) is 1. The highest BCUT2D eigenvalue weighted by molar-refractivity contribution is 6.31. The Morgan fingerprint density at radius 2 is 2.06 bits per heavy atom. The lowest BCUT2D eigenvalue weighted by Gasteiger charge is -2.14. The van der Waals surface area contributed by atoms with Crippen LogP contribution in [0, 0.1) is 0 Å². The van der Waals surface area contributed by atoms with Crippen LogP contribution in [0.4, 0.5) is 18.9 Å². The number of alkyl halides is 4. The number of ketones is 1. The Kier molecular flexibility index (Phi) is 3.87. The van der Waals surface area contributed by atoms with E-state index in [0.29, 0.717) is 6.07 Å². The van der Waals surface area contributed by atoms with Crippen molar-refractivity contribution in [3.63, 3.8) is 0 Å². The summed E-state index contributed by atoms with van der Waals surface area (Å²) in [4.78, 5) is 11.3. The molecule has 1 rings (SSSR count). The molecule has 3 nitrogen and oxygen atoms in total. The summed E-state index contributed by atoms with van der Waals surface area (Å²) in [6.07, 6.45) is -4.60. The first-order valence-corrected chi connectivity index (χ1v) is 4.98. The monoisotopic (exact) mass is 267 g/mol. The molecule has 0 unspecified atom stereocenters. The van der Waals surface area contributed by atoms with Crippen molar-refractivity contribution in [2.24, 2.45) is 0 Å². The second-order valence-electron chi connectivity index (χ2n) is 3.19. The quantitative estimate of drug-likeness (QED) is 0.520. The standard InChI is InChI=1S/C10H9ClF3NO2/c1-17-9-2-5(8(16)4-11)7(15)3-6(9)10(12,13)14/h2-3H,4,15H2,1H3. The van der Waals surface area contributed by atoms with E-state index in [9.17, 15) is 18.0 Å². The molecule has 0 aliphatic heterocycles. The third kappa shape index (κ3) is 2.82. The van der Waals surface area contributed by atoms with Crippen molar-refractivity contribution in [3.05, 3.63) is 23.3 Å². The van der Waals surface area contributed by atoms with Gasteiger partial charge in [0, 0.05) is 11.3 Å². The number of benzene rings is 1. The number of ether oxygens (including phenoxy) is 1. The van der Waals surface area contributed by atoms with Gasteiger partial charge >= 0.3 is 6.18 Å². The lowest BCUT2D eigenvalue weighted by molar-refractivity contribution is -0.138. The fourth-order valence-corrected chi connectivity index (χ4v) is 1.44. The molecule has 94 valence electrons. The van der Waals surface area contributed by atoms with E-state index < -0.39 is 23.3 Å². The first-order chi connectivity index (χ1) is 7.81. The highest BCUT2D eigenvalue weighted by Gasteiger charge is 2.35. The van der Waals surface area contributed by atoms with Gasteiger partial charge in [0.25, 0.3) is 0 Å². The number of nitrogen functional groups attached to an aromatic ring is 1. The number of rotatable bonds is 3. The Hall–Kier alpha value is -1.43. The minimum Gasteiger partial charge on any atom is -0.496 e. The van der Waals surface area contributed by atoms with Crippen molar-refractivity contribution in [3.8, 4) is 5.75 Å². The summed E-state index contributed by atoms with van der Waals surface area (Å²) in [7, 11) is 1.08. The molecule has 7 heteroatoms. The summed E-state index contributed by atoms with van der Waals surface area (Å²) in [5, 5.41) is 0. The van der Waals surface area contributed by atoms with Crippen molar-refractivity contribution in [1.82, 2.24) is 0 Å². The van der Waals surface area contributed by atoms with Crippen LogP contribution < -0.4 is 10.5 Å². The molecule has 1 aromatic rings. The van der Waals surface area contributed by atoms with Gasteiger partial charge in [-0.05, 0) is 12.1 Å². The number of hydrogen-bond acceptors (Lipinski definition) is 3. The number of carbonyl (C=O) groups excluding carboxylic acids is 1. The van der Waals surface area contributed by atoms with Crippen LogP contribution in [0.3, 0.4) is 0 Å². The van der Waals surface area contributed by atoms with E-state index >= 15 is 0 Å². The minimum atomic E-state index is -4.60. The predicted molar refractivity (Wildman–Crippen MR) is 57.5 cm³/mol. The molecule has 0 amide bonds. The van der Waals surface area contributed by atoms with Gasteiger partial charge in [-0.25, -0.2) is 0 Å². The normalized spacial score (nSPS) is 11.4. The number of Topliss-reactive ketones (excluding diaryl/α,β-unsaturated/α-hetero) is 1. The van der Waals surface area contributed by atoms with E-state index in [-0.39, 0.29) is 17.1 Å². The Morgan fingerprint density at radius 3 is 2.47 bits per heavy atom. The van der Waals surface area contributed by atoms with Crippen molar-refractivity contribution in [2.75, 3.05) is 18.7 Å². The molecule has 2 N–H and O–H groups in total. The number of anilines is 1. The molecule has 0 spiro atoms. The molecule has 1 aromatic carbocycles. The maximum absolute atomic E-state index is 12.6. The van der Waals surface area contributed by atoms with E-state index in [1.54, 1.807) is 0 Å². The van der Waals surface area contributed by atoms with Gasteiger partial charge in [-0.1, -0.05) is 0 Å². The summed E-state index contributed by atoms with van der Waals surface area (Å²) >= 11 is 5.32. The Balaban J connectivity index is 3.40. The van der Waals surface area contributed by atoms with Crippen molar-refractivity contribution in [2.45, 2.75) is 6.18 Å². The molecule has 0 saturated heterocycles. The van der Waals surface area contributed by atoms with Crippen LogP contribution in [-0.4, -0.2) is 18.8 Å². The van der Waals surface area contributed by atoms with Gasteiger partial charge < -0.3 is 10.5 Å². The van der Waals surface area contributed by atoms with E-state index in [1.807, 2.05) is 0 Å². The largest absolute Gasteiger partial charge is 0.496 e. The molecule has 0 radical (unpaired) electrons. The van der Waals surface area contributed by atoms with Crippen LogP contribution in [0.15, 0.2) is 12.1 Å². The van der Waals surface area contributed by atoms with Crippen molar-refractivity contribution in [1.29, 1.82) is 0 Å². The average molecular weight is 268 g/mol. The van der Waals surface area contributed by atoms with Crippen molar-refractivity contribution < 1.29 is 22.7 Å². The summed E-state index contributed by atoms with van der Waals surface area (Å²) in [5.41, 5.74) is 4.01. The molecule has 0 bridgehead atoms. The highest BCUT2D eigenvalue weighted by Crippen LogP contribution is 2.38. The third-order valence-corrected chi connectivity index (χ3v) is 2.34. The fourth-order valence-electron chi connectivity index (χ4n) is 1.30. The summed E-state index contributed by atoms with van der Waals surface area (Å²) in [5.74, 6) is -1.38. The zero-order valence-corrected chi connectivity index (χ0v) is 9.52. The number of halogens is 4. The summed E-state index contributed by atoms with van der Waals surface area (Å²) in [6, 6.07) is 1.61. The predicted octanol–water partition coefficient (Wildman–Crippen LogP) is 2.72. The Labute approximate surface area is 100 Å². The number of methoxy groups -OCH3 is 1. The van der Waals surface area contributed by atoms with Gasteiger partial charge in [0.2, 0.25) is 0 Å². The molecule has 0 fully saturated rings. The van der Waals surface area contributed by atoms with Crippen LogP contribution in [0.2, 0.25) is 0 Å². The molecule has 0 heterocycles. The summed E-state index contributed by atoms with van der Waals surface area (Å²) in [6.45, 7) is 0. The lowest BCUT2D eigenvalue weighted by Crippen LogP contribution is -2.12. The molecule has 0 atom stereocenters. The second kappa shape index (κ2) is 4.83. The molecule has 0 aliphatic rings. The van der Waals surface area contributed by atoms with Gasteiger partial charge in [-0.15, -0.1) is 11.6 Å². The fraction of sp³-hybridized carbons (Fsp3) is 0.300. The average Bonchev–Trinajstić information content (AvgIpc) is 2.26. The highest BCUT2D eigenvalue weighted by atomic mass is 35.5. The van der Waals surface area contributed by atoms with Gasteiger partial charge in [0.05, 0.1) is 18.6 Å². The van der Waals surface area contributed by atoms with Crippen molar-refractivity contribution >= 4 is 23.1 Å². The van der Waals surface area contributed by atoms with Gasteiger partial charge in [0.15, 0.2) is 5.78 Å². The molecule has 0 aromatic heterocycles. The van der Waals surface area contributed by atoms with E-state index in [4.69, 9.17) is 17.3 Å². The van der Waals surface area contributed by atoms with Gasteiger partial charge in [0.1, 0.15) is 5.75 Å². The first-order valence-electron chi connectivity index (χ1n) is 4.45. The molecule has 17 heavy (non-hydrogen) atoms. The molecule has 0 aliphatic carbocycles. The van der Waals surface area contributed by atoms with Crippen LogP contribution in [-0.2, 0) is 6.18 Å². The zero-order chi connectivity index (χ0) is 13.2. The molecule has 0 saturated carbocycles. The smallest absolute Gasteiger partial charge is 0.420 e. The SMILES string of the molecule is COc1cc(C(=O)CCl)c(N)cc1C(F)(F)F. The third-order valence-electron chi connectivity index (χ3n) is 2.10. The number of nitrogens with two attached hydrogens (primary N) is 1. The van der Waals surface area contributed by atoms with E-state index in [2.05, 4.69) is 4.74 Å².